The molecule has 0 aromatic heterocycles. The molecule has 6 heteroatoms. The van der Waals surface area contributed by atoms with Gasteiger partial charge in [0, 0.05) is 16.3 Å². The fourth-order valence-electron chi connectivity index (χ4n) is 2.76. The number of nitriles is 1. The molecule has 0 aliphatic heterocycles. The summed E-state index contributed by atoms with van der Waals surface area (Å²) in [4.78, 5) is 12.6. The quantitative estimate of drug-likeness (QED) is 0.285. The second kappa shape index (κ2) is 11.3. The van der Waals surface area contributed by atoms with Crippen molar-refractivity contribution >= 4 is 29.3 Å². The summed E-state index contributed by atoms with van der Waals surface area (Å²) in [7, 11) is 0. The number of nitrogens with zero attached hydrogens (tertiary/aromatic N) is 1. The molecule has 0 atom stereocenters. The number of halogens is 1. The summed E-state index contributed by atoms with van der Waals surface area (Å²) in [6.07, 6.45) is 6.64. The van der Waals surface area contributed by atoms with Crippen molar-refractivity contribution in [3.05, 3.63) is 94.5 Å². The molecule has 158 valence electrons. The maximum absolute atomic E-state index is 12.6. The number of anilines is 1. The number of rotatable bonds is 8. The molecule has 3 aromatic rings. The number of benzene rings is 3. The molecule has 32 heavy (non-hydrogen) atoms. The first kappa shape index (κ1) is 22.5. The average molecular weight is 443 g/mol. The number of ether oxygens (including phenoxy) is 2. The molecule has 1 N–H and O–H groups in total. The minimum Gasteiger partial charge on any atom is -0.489 e. The lowest BCUT2D eigenvalue weighted by Gasteiger charge is -2.09. The molecule has 1 amide bonds. The molecule has 0 spiro atoms. The molecule has 0 saturated heterocycles. The van der Waals surface area contributed by atoms with Gasteiger partial charge in [0.25, 0.3) is 5.91 Å². The van der Waals surface area contributed by atoms with E-state index in [1.165, 1.54) is 6.08 Å². The van der Waals surface area contributed by atoms with Crippen LogP contribution in [0.4, 0.5) is 5.69 Å². The predicted molar refractivity (Wildman–Crippen MR) is 125 cm³/mol. The molecule has 0 fully saturated rings. The van der Waals surface area contributed by atoms with Crippen LogP contribution < -0.4 is 14.8 Å². The number of amides is 1. The third-order valence-electron chi connectivity index (χ3n) is 4.31. The first-order valence-electron chi connectivity index (χ1n) is 9.65. The maximum Gasteiger partial charge on any atom is 0.266 e. The van der Waals surface area contributed by atoms with Gasteiger partial charge in [-0.15, -0.1) is 6.42 Å². The van der Waals surface area contributed by atoms with Gasteiger partial charge in [0.1, 0.15) is 36.4 Å². The molecular formula is C26H19ClN2O3. The van der Waals surface area contributed by atoms with Gasteiger partial charge in [-0.3, -0.25) is 4.79 Å². The van der Waals surface area contributed by atoms with Crippen LogP contribution in [0.2, 0.25) is 5.02 Å². The van der Waals surface area contributed by atoms with Crippen LogP contribution in [0.5, 0.6) is 11.5 Å². The van der Waals surface area contributed by atoms with Crippen LogP contribution in [-0.4, -0.2) is 12.5 Å². The summed E-state index contributed by atoms with van der Waals surface area (Å²) >= 11 is 6.05. The molecule has 0 aliphatic carbocycles. The zero-order valence-corrected chi connectivity index (χ0v) is 17.8. The average Bonchev–Trinajstić information content (AvgIpc) is 2.82. The summed E-state index contributed by atoms with van der Waals surface area (Å²) in [6, 6.07) is 23.5. The molecule has 5 nitrogen and oxygen atoms in total. The van der Waals surface area contributed by atoms with Crippen LogP contribution in [-0.2, 0) is 11.4 Å². The lowest BCUT2D eigenvalue weighted by Crippen LogP contribution is -2.13. The molecule has 0 aliphatic rings. The Balaban J connectivity index is 1.68. The minimum absolute atomic E-state index is 0.0508. The second-order valence-corrected chi connectivity index (χ2v) is 7.03. The molecule has 0 heterocycles. The van der Waals surface area contributed by atoms with Crippen molar-refractivity contribution < 1.29 is 14.3 Å². The first-order valence-corrected chi connectivity index (χ1v) is 10.0. The van der Waals surface area contributed by atoms with Crippen molar-refractivity contribution in [1.82, 2.24) is 0 Å². The van der Waals surface area contributed by atoms with Crippen molar-refractivity contribution in [1.29, 1.82) is 5.26 Å². The Bertz CT molecular complexity index is 1190. The van der Waals surface area contributed by atoms with Crippen LogP contribution >= 0.6 is 11.6 Å². The van der Waals surface area contributed by atoms with E-state index in [-0.39, 0.29) is 12.2 Å². The second-order valence-electron chi connectivity index (χ2n) is 6.60. The molecule has 0 unspecified atom stereocenters. The van der Waals surface area contributed by atoms with E-state index in [0.29, 0.717) is 34.4 Å². The highest BCUT2D eigenvalue weighted by Gasteiger charge is 2.12. The van der Waals surface area contributed by atoms with Crippen molar-refractivity contribution in [2.75, 3.05) is 11.9 Å². The summed E-state index contributed by atoms with van der Waals surface area (Å²) < 4.78 is 11.2. The highest BCUT2D eigenvalue weighted by Crippen LogP contribution is 2.26. The zero-order chi connectivity index (χ0) is 22.8. The normalized spacial score (nSPS) is 10.5. The fourth-order valence-corrected chi connectivity index (χ4v) is 2.94. The monoisotopic (exact) mass is 442 g/mol. The first-order chi connectivity index (χ1) is 15.6. The van der Waals surface area contributed by atoms with Crippen LogP contribution in [0.3, 0.4) is 0 Å². The van der Waals surface area contributed by atoms with E-state index in [1.807, 2.05) is 36.4 Å². The van der Waals surface area contributed by atoms with E-state index in [9.17, 15) is 10.1 Å². The van der Waals surface area contributed by atoms with E-state index >= 15 is 0 Å². The number of hydrogen-bond donors (Lipinski definition) is 1. The van der Waals surface area contributed by atoms with E-state index in [0.717, 1.165) is 5.56 Å². The highest BCUT2D eigenvalue weighted by atomic mass is 35.5. The van der Waals surface area contributed by atoms with Gasteiger partial charge in [-0.1, -0.05) is 47.9 Å². The number of nitrogens with one attached hydrogen (secondary N) is 1. The summed E-state index contributed by atoms with van der Waals surface area (Å²) in [5.41, 5.74) is 1.95. The number of terminal acetylenes is 1. The lowest BCUT2D eigenvalue weighted by molar-refractivity contribution is -0.112. The van der Waals surface area contributed by atoms with Gasteiger partial charge < -0.3 is 14.8 Å². The Morgan fingerprint density at radius 1 is 1.06 bits per heavy atom. The molecule has 0 bridgehead atoms. The number of carbonyl (C=O) groups is 1. The summed E-state index contributed by atoms with van der Waals surface area (Å²) in [5, 5.41) is 12.6. The van der Waals surface area contributed by atoms with Gasteiger partial charge in [0.2, 0.25) is 0 Å². The lowest BCUT2D eigenvalue weighted by atomic mass is 10.1. The molecule has 3 rings (SSSR count). The Kier molecular flexibility index (Phi) is 7.92. The van der Waals surface area contributed by atoms with Gasteiger partial charge in [-0.25, -0.2) is 0 Å². The van der Waals surface area contributed by atoms with Crippen LogP contribution in [0, 0.1) is 23.7 Å². The SMILES string of the molecule is C#CCOc1ccc(Cl)cc1/C=C(\C#N)C(=O)Nc1ccc(OCc2ccccc2)cc1. The molecule has 0 saturated carbocycles. The molecular weight excluding hydrogens is 424 g/mol. The Morgan fingerprint density at radius 3 is 2.50 bits per heavy atom. The van der Waals surface area contributed by atoms with Gasteiger partial charge >= 0.3 is 0 Å². The summed E-state index contributed by atoms with van der Waals surface area (Å²) in [6.45, 7) is 0.493. The van der Waals surface area contributed by atoms with Crippen LogP contribution in [0.1, 0.15) is 11.1 Å². The van der Waals surface area contributed by atoms with Gasteiger partial charge in [0.15, 0.2) is 0 Å². The maximum atomic E-state index is 12.6. The standard InChI is InChI=1S/C26H19ClN2O3/c1-2-14-31-25-13-8-22(27)16-20(25)15-21(17-28)26(30)29-23-9-11-24(12-10-23)32-18-19-6-4-3-5-7-19/h1,3-13,15-16H,14,18H2,(H,29,30)/b21-15+. The Morgan fingerprint density at radius 2 is 1.81 bits per heavy atom. The predicted octanol–water partition coefficient (Wildman–Crippen LogP) is 5.48. The smallest absolute Gasteiger partial charge is 0.266 e. The van der Waals surface area contributed by atoms with Crippen molar-refractivity contribution in [2.24, 2.45) is 0 Å². The van der Waals surface area contributed by atoms with Crippen molar-refractivity contribution in [3.8, 4) is 29.9 Å². The van der Waals surface area contributed by atoms with Crippen molar-refractivity contribution in [2.45, 2.75) is 6.61 Å². The van der Waals surface area contributed by atoms with Gasteiger partial charge in [-0.05, 0) is 54.1 Å². The van der Waals surface area contributed by atoms with E-state index in [2.05, 4.69) is 11.2 Å². The van der Waals surface area contributed by atoms with E-state index < -0.39 is 5.91 Å². The largest absolute Gasteiger partial charge is 0.489 e. The third kappa shape index (κ3) is 6.40. The van der Waals surface area contributed by atoms with Gasteiger partial charge in [0.05, 0.1) is 0 Å². The minimum atomic E-state index is -0.562. The summed E-state index contributed by atoms with van der Waals surface area (Å²) in [5.74, 6) is 2.90. The molecule has 0 radical (unpaired) electrons. The van der Waals surface area contributed by atoms with Gasteiger partial charge in [-0.2, -0.15) is 5.26 Å². The number of hydrogen-bond acceptors (Lipinski definition) is 4. The highest BCUT2D eigenvalue weighted by molar-refractivity contribution is 6.30. The number of carbonyl (C=O) groups excluding carboxylic acids is 1. The molecule has 3 aromatic carbocycles. The van der Waals surface area contributed by atoms with Crippen LogP contribution in [0.15, 0.2) is 78.4 Å². The fraction of sp³-hybridized carbons (Fsp3) is 0.0769. The Labute approximate surface area is 191 Å². The van der Waals surface area contributed by atoms with Crippen molar-refractivity contribution in [3.63, 3.8) is 0 Å². The zero-order valence-electron chi connectivity index (χ0n) is 17.0. The van der Waals surface area contributed by atoms with E-state index in [4.69, 9.17) is 27.5 Å². The third-order valence-corrected chi connectivity index (χ3v) is 4.54. The van der Waals surface area contributed by atoms with Crippen LogP contribution in [0.25, 0.3) is 6.08 Å². The van der Waals surface area contributed by atoms with E-state index in [1.54, 1.807) is 42.5 Å². The topological polar surface area (TPSA) is 71.3 Å². The Hall–Kier alpha value is -4.19.